The Bertz CT molecular complexity index is 499. The third-order valence-electron chi connectivity index (χ3n) is 3.66. The van der Waals surface area contributed by atoms with Gasteiger partial charge >= 0.3 is 0 Å². The Hall–Kier alpha value is -1.55. The highest BCUT2D eigenvalue weighted by Gasteiger charge is 2.31. The molecule has 108 valence electrons. The lowest BCUT2D eigenvalue weighted by molar-refractivity contribution is 0.0109. The molecule has 1 saturated heterocycles. The van der Waals surface area contributed by atoms with Gasteiger partial charge in [0.15, 0.2) is 0 Å². The summed E-state index contributed by atoms with van der Waals surface area (Å²) in [6.45, 7) is 0.859. The predicted octanol–water partition coefficient (Wildman–Crippen LogP) is 1.47. The first-order chi connectivity index (χ1) is 9.60. The smallest absolute Gasteiger partial charge is 0.131 e. The lowest BCUT2D eigenvalue weighted by Crippen LogP contribution is -2.52. The minimum Gasteiger partial charge on any atom is -0.394 e. The maximum Gasteiger partial charge on any atom is 0.131 e. The van der Waals surface area contributed by atoms with Gasteiger partial charge in [-0.15, -0.1) is 0 Å². The van der Waals surface area contributed by atoms with Crippen molar-refractivity contribution in [1.29, 1.82) is 5.26 Å². The Morgan fingerprint density at radius 1 is 1.30 bits per heavy atom. The molecule has 1 fully saturated rings. The van der Waals surface area contributed by atoms with Gasteiger partial charge in [0.05, 0.1) is 18.2 Å². The molecule has 20 heavy (non-hydrogen) atoms. The molecule has 0 amide bonds. The number of ether oxygens (including phenoxy) is 1. The molecule has 0 aliphatic carbocycles. The zero-order valence-corrected chi connectivity index (χ0v) is 11.0. The van der Waals surface area contributed by atoms with Gasteiger partial charge < -0.3 is 15.2 Å². The molecular formula is C14H16F2N2O2. The molecule has 0 bridgehead atoms. The van der Waals surface area contributed by atoms with Crippen LogP contribution in [0.4, 0.5) is 8.78 Å². The van der Waals surface area contributed by atoms with Crippen LogP contribution in [-0.2, 0) is 11.3 Å². The Morgan fingerprint density at radius 3 is 2.40 bits per heavy atom. The zero-order valence-electron chi connectivity index (χ0n) is 11.0. The van der Waals surface area contributed by atoms with Gasteiger partial charge in [0, 0.05) is 30.9 Å². The zero-order chi connectivity index (χ0) is 14.6. The van der Waals surface area contributed by atoms with Crippen molar-refractivity contribution >= 4 is 0 Å². The highest BCUT2D eigenvalue weighted by atomic mass is 19.1. The number of rotatable bonds is 4. The van der Waals surface area contributed by atoms with Crippen LogP contribution >= 0.6 is 0 Å². The molecule has 0 unspecified atom stereocenters. The lowest BCUT2D eigenvalue weighted by Gasteiger charge is -2.36. The minimum absolute atomic E-state index is 0.0378. The van der Waals surface area contributed by atoms with Crippen LogP contribution in [0.5, 0.6) is 0 Å². The summed E-state index contributed by atoms with van der Waals surface area (Å²) in [6.07, 6.45) is 1.17. The molecule has 1 aliphatic heterocycles. The van der Waals surface area contributed by atoms with Gasteiger partial charge in [-0.1, -0.05) is 0 Å². The van der Waals surface area contributed by atoms with E-state index in [4.69, 9.17) is 10.00 Å². The van der Waals surface area contributed by atoms with Crippen molar-refractivity contribution in [2.75, 3.05) is 19.8 Å². The van der Waals surface area contributed by atoms with Crippen LogP contribution in [0.2, 0.25) is 0 Å². The van der Waals surface area contributed by atoms with Gasteiger partial charge in [0.25, 0.3) is 0 Å². The van der Waals surface area contributed by atoms with E-state index in [-0.39, 0.29) is 24.3 Å². The summed E-state index contributed by atoms with van der Waals surface area (Å²) in [6, 6.07) is 3.72. The van der Waals surface area contributed by atoms with E-state index in [1.54, 1.807) is 6.07 Å². The molecule has 6 heteroatoms. The molecule has 0 aromatic heterocycles. The Kier molecular flexibility index (Phi) is 4.65. The van der Waals surface area contributed by atoms with E-state index < -0.39 is 17.2 Å². The molecule has 4 nitrogen and oxygen atoms in total. The Labute approximate surface area is 116 Å². The number of aliphatic hydroxyl groups is 1. The van der Waals surface area contributed by atoms with Gasteiger partial charge in [-0.25, -0.2) is 8.78 Å². The van der Waals surface area contributed by atoms with E-state index in [0.717, 1.165) is 12.1 Å². The van der Waals surface area contributed by atoms with E-state index >= 15 is 0 Å². The molecule has 1 aromatic carbocycles. The number of halogens is 2. The van der Waals surface area contributed by atoms with Crippen LogP contribution in [0.3, 0.4) is 0 Å². The molecule has 0 spiro atoms. The van der Waals surface area contributed by atoms with Crippen LogP contribution < -0.4 is 5.32 Å². The number of nitriles is 1. The summed E-state index contributed by atoms with van der Waals surface area (Å²) >= 11 is 0. The van der Waals surface area contributed by atoms with Crippen LogP contribution in [0.25, 0.3) is 0 Å². The van der Waals surface area contributed by atoms with Crippen molar-refractivity contribution in [3.8, 4) is 6.07 Å². The molecule has 0 saturated carbocycles. The number of benzene rings is 1. The van der Waals surface area contributed by atoms with Gasteiger partial charge in [-0.05, 0) is 25.0 Å². The fourth-order valence-electron chi connectivity index (χ4n) is 2.27. The van der Waals surface area contributed by atoms with Gasteiger partial charge in [0.1, 0.15) is 11.6 Å². The first-order valence-corrected chi connectivity index (χ1v) is 6.42. The molecule has 0 atom stereocenters. The second kappa shape index (κ2) is 6.27. The lowest BCUT2D eigenvalue weighted by atomic mass is 9.90. The van der Waals surface area contributed by atoms with E-state index in [2.05, 4.69) is 5.32 Å². The normalized spacial score (nSPS) is 17.7. The van der Waals surface area contributed by atoms with E-state index in [0.29, 0.717) is 26.1 Å². The maximum absolute atomic E-state index is 13.8. The second-order valence-corrected chi connectivity index (χ2v) is 4.93. The summed E-state index contributed by atoms with van der Waals surface area (Å²) in [4.78, 5) is 0. The number of hydrogen-bond donors (Lipinski definition) is 2. The van der Waals surface area contributed by atoms with Crippen molar-refractivity contribution in [3.05, 3.63) is 34.9 Å². The van der Waals surface area contributed by atoms with Crippen LogP contribution in [0.1, 0.15) is 24.0 Å². The quantitative estimate of drug-likeness (QED) is 0.877. The fourth-order valence-corrected chi connectivity index (χ4v) is 2.27. The van der Waals surface area contributed by atoms with Crippen LogP contribution in [-0.4, -0.2) is 30.5 Å². The van der Waals surface area contributed by atoms with E-state index in [9.17, 15) is 13.9 Å². The molecule has 1 aromatic rings. The monoisotopic (exact) mass is 282 g/mol. The van der Waals surface area contributed by atoms with E-state index in [1.165, 1.54) is 0 Å². The van der Waals surface area contributed by atoms with Gasteiger partial charge in [-0.3, -0.25) is 0 Å². The average Bonchev–Trinajstić information content (AvgIpc) is 2.47. The largest absolute Gasteiger partial charge is 0.394 e. The van der Waals surface area contributed by atoms with E-state index in [1.807, 2.05) is 0 Å². The van der Waals surface area contributed by atoms with Crippen molar-refractivity contribution in [2.45, 2.75) is 24.9 Å². The standard InChI is InChI=1S/C14H16F2N2O2/c15-12-5-10(7-17)6-13(16)11(12)8-18-14(9-19)1-3-20-4-2-14/h5-6,18-19H,1-4,8-9H2. The van der Waals surface area contributed by atoms with Crippen molar-refractivity contribution in [3.63, 3.8) is 0 Å². The highest BCUT2D eigenvalue weighted by molar-refractivity contribution is 5.34. The number of nitrogens with zero attached hydrogens (tertiary/aromatic N) is 1. The van der Waals surface area contributed by atoms with Gasteiger partial charge in [0.2, 0.25) is 0 Å². The third-order valence-corrected chi connectivity index (χ3v) is 3.66. The minimum atomic E-state index is -0.755. The SMILES string of the molecule is N#Cc1cc(F)c(CNC2(CO)CCOCC2)c(F)c1. The number of nitrogens with one attached hydrogen (secondary N) is 1. The number of hydrogen-bond acceptors (Lipinski definition) is 4. The summed E-state index contributed by atoms with van der Waals surface area (Å²) in [5.74, 6) is -1.51. The van der Waals surface area contributed by atoms with Gasteiger partial charge in [-0.2, -0.15) is 5.26 Å². The molecular weight excluding hydrogens is 266 g/mol. The average molecular weight is 282 g/mol. The summed E-state index contributed by atoms with van der Waals surface area (Å²) in [5, 5.41) is 21.2. The Balaban J connectivity index is 2.12. The summed E-state index contributed by atoms with van der Waals surface area (Å²) in [7, 11) is 0. The predicted molar refractivity (Wildman–Crippen MR) is 67.8 cm³/mol. The highest BCUT2D eigenvalue weighted by Crippen LogP contribution is 2.22. The molecule has 0 radical (unpaired) electrons. The molecule has 1 heterocycles. The Morgan fingerprint density at radius 2 is 1.90 bits per heavy atom. The summed E-state index contributed by atoms with van der Waals surface area (Å²) < 4.78 is 32.7. The topological polar surface area (TPSA) is 65.3 Å². The summed E-state index contributed by atoms with van der Waals surface area (Å²) in [5.41, 5.74) is -0.736. The first-order valence-electron chi connectivity index (χ1n) is 6.42. The molecule has 2 rings (SSSR count). The van der Waals surface area contributed by atoms with Crippen LogP contribution in [0.15, 0.2) is 12.1 Å². The maximum atomic E-state index is 13.8. The molecule has 1 aliphatic rings. The molecule has 2 N–H and O–H groups in total. The van der Waals surface area contributed by atoms with Crippen molar-refractivity contribution in [2.24, 2.45) is 0 Å². The van der Waals surface area contributed by atoms with Crippen LogP contribution in [0, 0.1) is 23.0 Å². The number of aliphatic hydroxyl groups excluding tert-OH is 1. The third kappa shape index (κ3) is 3.12. The van der Waals surface area contributed by atoms with Crippen molar-refractivity contribution in [1.82, 2.24) is 5.32 Å². The first kappa shape index (κ1) is 14.9. The van der Waals surface area contributed by atoms with Crippen molar-refractivity contribution < 1.29 is 18.6 Å². The fraction of sp³-hybridized carbons (Fsp3) is 0.500. The second-order valence-electron chi connectivity index (χ2n) is 4.93.